The summed E-state index contributed by atoms with van der Waals surface area (Å²) in [6.07, 6.45) is 2.95. The normalized spacial score (nSPS) is 11.2. The summed E-state index contributed by atoms with van der Waals surface area (Å²) in [6, 6.07) is 10.7. The van der Waals surface area contributed by atoms with E-state index < -0.39 is 0 Å². The van der Waals surface area contributed by atoms with Crippen molar-refractivity contribution in [3.05, 3.63) is 53.5 Å². The lowest BCUT2D eigenvalue weighted by molar-refractivity contribution is 0.929. The van der Waals surface area contributed by atoms with Crippen LogP contribution in [-0.4, -0.2) is 21.1 Å². The molecule has 0 spiro atoms. The second-order valence-electron chi connectivity index (χ2n) is 5.07. The van der Waals surface area contributed by atoms with Gasteiger partial charge in [-0.15, -0.1) is 0 Å². The Labute approximate surface area is 118 Å². The summed E-state index contributed by atoms with van der Waals surface area (Å²) in [7, 11) is 0. The molecule has 102 valence electrons. The molecule has 0 fully saturated rings. The number of rotatable bonds is 3. The third kappa shape index (κ3) is 2.30. The fraction of sp³-hybridized carbons (Fsp3) is 0.250. The smallest absolute Gasteiger partial charge is 0.158 e. The van der Waals surface area contributed by atoms with Crippen molar-refractivity contribution in [1.29, 1.82) is 0 Å². The summed E-state index contributed by atoms with van der Waals surface area (Å²) in [4.78, 5) is 4.42. The van der Waals surface area contributed by atoms with Crippen LogP contribution in [0.1, 0.15) is 17.0 Å². The van der Waals surface area contributed by atoms with E-state index in [0.29, 0.717) is 6.54 Å². The highest BCUT2D eigenvalue weighted by molar-refractivity contribution is 5.66. The van der Waals surface area contributed by atoms with Gasteiger partial charge < -0.3 is 5.73 Å². The van der Waals surface area contributed by atoms with Gasteiger partial charge in [-0.3, -0.25) is 0 Å². The Morgan fingerprint density at radius 2 is 1.85 bits per heavy atom. The summed E-state index contributed by atoms with van der Waals surface area (Å²) in [6.45, 7) is 4.66. The first-order valence-corrected chi connectivity index (χ1v) is 6.80. The topological polar surface area (TPSA) is 56.2 Å². The second-order valence-corrected chi connectivity index (χ2v) is 5.07. The molecule has 0 radical (unpaired) electrons. The molecular weight excluding hydrogens is 248 g/mol. The van der Waals surface area contributed by atoms with Gasteiger partial charge in [0.15, 0.2) is 5.65 Å². The van der Waals surface area contributed by atoms with Gasteiger partial charge in [0.1, 0.15) is 5.82 Å². The van der Waals surface area contributed by atoms with E-state index in [1.54, 1.807) is 0 Å². The van der Waals surface area contributed by atoms with Crippen LogP contribution in [0.2, 0.25) is 0 Å². The zero-order valence-corrected chi connectivity index (χ0v) is 11.8. The number of nitrogens with two attached hydrogens (primary N) is 1. The molecule has 1 aromatic carbocycles. The van der Waals surface area contributed by atoms with Crippen LogP contribution in [0.3, 0.4) is 0 Å². The van der Waals surface area contributed by atoms with Gasteiger partial charge in [0.2, 0.25) is 0 Å². The van der Waals surface area contributed by atoms with E-state index in [-0.39, 0.29) is 0 Å². The van der Waals surface area contributed by atoms with Gasteiger partial charge in [-0.05, 0) is 49.6 Å². The molecule has 0 aliphatic heterocycles. The van der Waals surface area contributed by atoms with Gasteiger partial charge in [-0.2, -0.15) is 5.10 Å². The molecule has 0 atom stereocenters. The van der Waals surface area contributed by atoms with Crippen LogP contribution in [0, 0.1) is 13.8 Å². The Hall–Kier alpha value is -2.20. The van der Waals surface area contributed by atoms with Crippen molar-refractivity contribution < 1.29 is 0 Å². The molecule has 4 nitrogen and oxygen atoms in total. The van der Waals surface area contributed by atoms with Gasteiger partial charge in [0.25, 0.3) is 0 Å². The average Bonchev–Trinajstić information content (AvgIpc) is 2.81. The molecule has 2 N–H and O–H groups in total. The lowest BCUT2D eigenvalue weighted by Crippen LogP contribution is -2.02. The van der Waals surface area contributed by atoms with Crippen LogP contribution in [0.15, 0.2) is 36.5 Å². The summed E-state index contributed by atoms with van der Waals surface area (Å²) in [5, 5.41) is 4.40. The van der Waals surface area contributed by atoms with Crippen LogP contribution >= 0.6 is 0 Å². The maximum absolute atomic E-state index is 5.58. The molecule has 3 rings (SSSR count). The highest BCUT2D eigenvalue weighted by Gasteiger charge is 2.06. The Morgan fingerprint density at radius 1 is 1.10 bits per heavy atom. The number of nitrogens with zero attached hydrogens (tertiary/aromatic N) is 3. The van der Waals surface area contributed by atoms with Crippen molar-refractivity contribution in [2.75, 3.05) is 6.54 Å². The zero-order valence-electron chi connectivity index (χ0n) is 11.8. The molecule has 20 heavy (non-hydrogen) atoms. The zero-order chi connectivity index (χ0) is 14.1. The molecular formula is C16H18N4. The first kappa shape index (κ1) is 12.8. The number of aromatic nitrogens is 3. The monoisotopic (exact) mass is 266 g/mol. The Kier molecular flexibility index (Phi) is 3.24. The quantitative estimate of drug-likeness (QED) is 0.792. The van der Waals surface area contributed by atoms with Crippen LogP contribution in [0.25, 0.3) is 16.8 Å². The Bertz CT molecular complexity index is 741. The number of benzene rings is 1. The van der Waals surface area contributed by atoms with Crippen molar-refractivity contribution >= 4 is 5.65 Å². The number of hydrogen-bond donors (Lipinski definition) is 1. The first-order chi connectivity index (χ1) is 9.67. The van der Waals surface area contributed by atoms with Gasteiger partial charge in [0.05, 0.1) is 0 Å². The third-order valence-corrected chi connectivity index (χ3v) is 3.44. The standard InChI is InChI=1S/C16H18N4/c1-11-9-15(10-20-16(11)18-12(2)19-20)14-5-3-13(4-6-14)7-8-17/h3-6,9-10H,7-8,17H2,1-2H3. The highest BCUT2D eigenvalue weighted by Crippen LogP contribution is 2.22. The molecule has 2 heterocycles. The molecule has 0 unspecified atom stereocenters. The van der Waals surface area contributed by atoms with Crippen molar-refractivity contribution in [1.82, 2.24) is 14.6 Å². The minimum Gasteiger partial charge on any atom is -0.330 e. The third-order valence-electron chi connectivity index (χ3n) is 3.44. The van der Waals surface area contributed by atoms with Crippen molar-refractivity contribution in [3.63, 3.8) is 0 Å². The molecule has 0 amide bonds. The fourth-order valence-corrected chi connectivity index (χ4v) is 2.44. The van der Waals surface area contributed by atoms with E-state index in [9.17, 15) is 0 Å². The maximum atomic E-state index is 5.58. The summed E-state index contributed by atoms with van der Waals surface area (Å²) in [5.41, 5.74) is 11.2. The van der Waals surface area contributed by atoms with Crippen LogP contribution in [-0.2, 0) is 6.42 Å². The predicted octanol–water partition coefficient (Wildman–Crippen LogP) is 2.51. The van der Waals surface area contributed by atoms with Crippen molar-refractivity contribution in [2.45, 2.75) is 20.3 Å². The SMILES string of the molecule is Cc1nc2c(C)cc(-c3ccc(CCN)cc3)cn2n1. The largest absolute Gasteiger partial charge is 0.330 e. The molecule has 0 saturated heterocycles. The second kappa shape index (κ2) is 5.06. The average molecular weight is 266 g/mol. The lowest BCUT2D eigenvalue weighted by atomic mass is 10.0. The van der Waals surface area contributed by atoms with Crippen LogP contribution in [0.4, 0.5) is 0 Å². The number of aryl methyl sites for hydroxylation is 2. The predicted molar refractivity (Wildman–Crippen MR) is 80.7 cm³/mol. The van der Waals surface area contributed by atoms with Crippen LogP contribution < -0.4 is 5.73 Å². The van der Waals surface area contributed by atoms with Gasteiger partial charge in [0, 0.05) is 11.8 Å². The molecule has 0 bridgehead atoms. The van der Waals surface area contributed by atoms with Crippen LogP contribution in [0.5, 0.6) is 0 Å². The van der Waals surface area contributed by atoms with E-state index in [0.717, 1.165) is 29.0 Å². The molecule has 3 aromatic rings. The molecule has 0 aliphatic carbocycles. The number of hydrogen-bond acceptors (Lipinski definition) is 3. The summed E-state index contributed by atoms with van der Waals surface area (Å²) < 4.78 is 1.85. The van der Waals surface area contributed by atoms with E-state index in [1.165, 1.54) is 11.1 Å². The lowest BCUT2D eigenvalue weighted by Gasteiger charge is -2.06. The number of fused-ring (bicyclic) bond motifs is 1. The molecule has 4 heteroatoms. The number of pyridine rings is 1. The Balaban J connectivity index is 2.04. The van der Waals surface area contributed by atoms with Crippen molar-refractivity contribution in [3.8, 4) is 11.1 Å². The van der Waals surface area contributed by atoms with E-state index in [4.69, 9.17) is 5.73 Å². The van der Waals surface area contributed by atoms with Gasteiger partial charge in [-0.25, -0.2) is 9.50 Å². The minimum absolute atomic E-state index is 0.683. The van der Waals surface area contributed by atoms with E-state index in [1.807, 2.05) is 17.6 Å². The summed E-state index contributed by atoms with van der Waals surface area (Å²) in [5.74, 6) is 0.795. The minimum atomic E-state index is 0.683. The molecule has 0 saturated carbocycles. The van der Waals surface area contributed by atoms with Crippen molar-refractivity contribution in [2.24, 2.45) is 5.73 Å². The van der Waals surface area contributed by atoms with E-state index >= 15 is 0 Å². The molecule has 2 aromatic heterocycles. The first-order valence-electron chi connectivity index (χ1n) is 6.80. The van der Waals surface area contributed by atoms with E-state index in [2.05, 4.69) is 47.3 Å². The maximum Gasteiger partial charge on any atom is 0.158 e. The Morgan fingerprint density at radius 3 is 2.55 bits per heavy atom. The fourth-order valence-electron chi connectivity index (χ4n) is 2.44. The van der Waals surface area contributed by atoms with Gasteiger partial charge >= 0.3 is 0 Å². The molecule has 0 aliphatic rings. The van der Waals surface area contributed by atoms with Gasteiger partial charge in [-0.1, -0.05) is 24.3 Å². The highest BCUT2D eigenvalue weighted by atomic mass is 15.3. The summed E-state index contributed by atoms with van der Waals surface area (Å²) >= 11 is 0.